The molecule has 6 rings (SSSR count). The Morgan fingerprint density at radius 2 is 1.09 bits per heavy atom. The second-order valence-electron chi connectivity index (χ2n) is 12.9. The van der Waals surface area contributed by atoms with Gasteiger partial charge in [-0.05, 0) is 69.3 Å². The van der Waals surface area contributed by atoms with Crippen molar-refractivity contribution in [2.45, 2.75) is 64.4 Å². The quantitative estimate of drug-likeness (QED) is 0.0873. The predicted molar refractivity (Wildman–Crippen MR) is 205 cm³/mol. The minimum atomic E-state index is -2.59. The lowest BCUT2D eigenvalue weighted by Crippen LogP contribution is -2.70. The molecule has 0 spiro atoms. The second-order valence-corrected chi connectivity index (χ2v) is 16.8. The molecule has 0 aliphatic heterocycles. The second kappa shape index (κ2) is 15.9. The first-order valence-corrected chi connectivity index (χ1v) is 19.8. The number of hydrogen-bond acceptors (Lipinski definition) is 1. The number of unbranched alkanes of at least 4 members (excludes halogenated alkanes) is 2. The van der Waals surface area contributed by atoms with Crippen LogP contribution in [0.4, 0.5) is 0 Å². The van der Waals surface area contributed by atoms with Crippen LogP contribution < -0.4 is 21.3 Å². The van der Waals surface area contributed by atoms with E-state index in [4.69, 9.17) is 4.98 Å². The Morgan fingerprint density at radius 1 is 0.596 bits per heavy atom. The fourth-order valence-corrected chi connectivity index (χ4v) is 11.9. The summed E-state index contributed by atoms with van der Waals surface area (Å²) in [6, 6.07) is 52.5. The summed E-state index contributed by atoms with van der Waals surface area (Å²) < 4.78 is 2.50. The maximum absolute atomic E-state index is 5.07. The highest BCUT2D eigenvalue weighted by Gasteiger charge is 2.41. The molecule has 4 heteroatoms. The number of rotatable bonds is 15. The van der Waals surface area contributed by atoms with Crippen molar-refractivity contribution in [2.75, 3.05) is 0 Å². The van der Waals surface area contributed by atoms with Gasteiger partial charge in [0.2, 0.25) is 7.28 Å². The van der Waals surface area contributed by atoms with Gasteiger partial charge >= 0.3 is 0 Å². The molecule has 2 nitrogen and oxygen atoms in total. The number of hydrogen-bond donors (Lipinski definition) is 0. The monoisotopic (exact) mass is 630 g/mol. The molecule has 6 aromatic rings. The molecule has 0 saturated heterocycles. The van der Waals surface area contributed by atoms with Crippen LogP contribution in [0, 0.1) is 0 Å². The topological polar surface area (TPSA) is 17.8 Å². The van der Waals surface area contributed by atoms with Gasteiger partial charge in [0.05, 0.1) is 5.72 Å². The van der Waals surface area contributed by atoms with Gasteiger partial charge in [0.15, 0.2) is 8.07 Å². The Hall–Kier alpha value is -4.41. The molecule has 5 aromatic carbocycles. The van der Waals surface area contributed by atoms with Crippen molar-refractivity contribution in [3.8, 4) is 0 Å². The molecule has 0 atom stereocenters. The zero-order valence-corrected chi connectivity index (χ0v) is 29.1. The van der Waals surface area contributed by atoms with Crippen molar-refractivity contribution >= 4 is 36.6 Å². The smallest absolute Gasteiger partial charge is 0.217 e. The van der Waals surface area contributed by atoms with Gasteiger partial charge in [-0.2, -0.15) is 0 Å². The first-order valence-electron chi connectivity index (χ1n) is 17.6. The van der Waals surface area contributed by atoms with E-state index < -0.39 is 8.07 Å². The average molecular weight is 631 g/mol. The number of nitrogens with zero attached hydrogens (tertiary/aromatic N) is 2. The fraction of sp³-hybridized carbons (Fsp3) is 0.233. The van der Waals surface area contributed by atoms with Crippen molar-refractivity contribution < 1.29 is 0 Å². The Bertz CT molecular complexity index is 1730. The summed E-state index contributed by atoms with van der Waals surface area (Å²) in [5.41, 5.74) is 6.68. The molecule has 0 bridgehead atoms. The van der Waals surface area contributed by atoms with E-state index in [1.165, 1.54) is 63.5 Å². The molecule has 0 aliphatic carbocycles. The first kappa shape index (κ1) is 32.5. The van der Waals surface area contributed by atoms with Crippen LogP contribution >= 0.6 is 0 Å². The van der Waals surface area contributed by atoms with E-state index in [-0.39, 0.29) is 5.82 Å². The normalized spacial score (nSPS) is 11.6. The maximum atomic E-state index is 5.07. The van der Waals surface area contributed by atoms with Crippen molar-refractivity contribution in [1.82, 2.24) is 9.55 Å². The molecule has 1 heterocycles. The molecule has 0 aliphatic rings. The lowest BCUT2D eigenvalue weighted by Gasteiger charge is -2.35. The van der Waals surface area contributed by atoms with E-state index in [0.29, 0.717) is 0 Å². The summed E-state index contributed by atoms with van der Waals surface area (Å²) >= 11 is 0. The van der Waals surface area contributed by atoms with E-state index in [1.54, 1.807) is 0 Å². The lowest BCUT2D eigenvalue weighted by atomic mass is 9.58. The summed E-state index contributed by atoms with van der Waals surface area (Å²) in [4.78, 5) is 5.07. The van der Waals surface area contributed by atoms with Crippen LogP contribution in [0.15, 0.2) is 152 Å². The lowest BCUT2D eigenvalue weighted by molar-refractivity contribution is 0.795. The molecule has 0 fully saturated rings. The van der Waals surface area contributed by atoms with Crippen LogP contribution in [0.25, 0.3) is 0 Å². The summed E-state index contributed by atoms with van der Waals surface area (Å²) in [5, 5.41) is 4.40. The van der Waals surface area contributed by atoms with Crippen molar-refractivity contribution in [3.05, 3.63) is 174 Å². The minimum absolute atomic E-state index is 0.223. The molecular formula is C43H47BN2Si. The molecule has 47 heavy (non-hydrogen) atoms. The van der Waals surface area contributed by atoms with Gasteiger partial charge < -0.3 is 4.57 Å². The maximum Gasteiger partial charge on any atom is 0.217 e. The standard InChI is InChI=1S/C43H47BN2Si/c1-3-5-18-35-20-16-28-40(32-35)47(39-26-14-9-15-27-39,41-29-17-21-36(33-41)19-6-4-2)34-46-31-30-45-43(46)44-42(37-22-10-7-11-23-37)38-24-12-8-13-25-38/h7-17,20-33,42,44H,3-6,18-19,34H2,1-2H3. The summed E-state index contributed by atoms with van der Waals surface area (Å²) in [7, 11) is -1.75. The fourth-order valence-electron chi connectivity index (χ4n) is 7.15. The predicted octanol–water partition coefficient (Wildman–Crippen LogP) is 7.13. The molecule has 1 aromatic heterocycles. The van der Waals surface area contributed by atoms with E-state index in [2.05, 4.69) is 164 Å². The molecule has 0 unspecified atom stereocenters. The zero-order chi connectivity index (χ0) is 32.3. The Labute approximate surface area is 283 Å². The summed E-state index contributed by atoms with van der Waals surface area (Å²) in [6.07, 6.45) is 12.2. The highest BCUT2D eigenvalue weighted by Crippen LogP contribution is 2.23. The van der Waals surface area contributed by atoms with Gasteiger partial charge in [-0.3, -0.25) is 4.98 Å². The van der Waals surface area contributed by atoms with Crippen LogP contribution in [0.3, 0.4) is 0 Å². The van der Waals surface area contributed by atoms with Gasteiger partial charge in [0.25, 0.3) is 0 Å². The SMILES string of the molecule is CCCCc1cccc([Si](Cn2ccnc2BC(c2ccccc2)c2ccccc2)(c2ccccc2)c2cccc(CCCC)c2)c1. The van der Waals surface area contributed by atoms with Gasteiger partial charge in [-0.15, -0.1) is 0 Å². The summed E-state index contributed by atoms with van der Waals surface area (Å²) in [5.74, 6) is 0.223. The van der Waals surface area contributed by atoms with Crippen LogP contribution in [-0.4, -0.2) is 24.9 Å². The Balaban J connectivity index is 1.51. The minimum Gasteiger partial charge on any atom is -0.345 e. The highest BCUT2D eigenvalue weighted by atomic mass is 28.3. The van der Waals surface area contributed by atoms with Crippen molar-refractivity contribution in [2.24, 2.45) is 0 Å². The molecule has 0 saturated carbocycles. The Kier molecular flexibility index (Phi) is 11.0. The first-order chi connectivity index (χ1) is 23.2. The van der Waals surface area contributed by atoms with E-state index in [1.807, 2.05) is 6.20 Å². The summed E-state index contributed by atoms with van der Waals surface area (Å²) in [6.45, 7) is 4.57. The third-order valence-corrected chi connectivity index (χ3v) is 14.5. The van der Waals surface area contributed by atoms with E-state index in [0.717, 1.165) is 32.0 Å². The molecule has 0 N–H and O–H groups in total. The largest absolute Gasteiger partial charge is 0.345 e. The number of imidazole rings is 1. The van der Waals surface area contributed by atoms with Crippen molar-refractivity contribution in [3.63, 3.8) is 0 Å². The van der Waals surface area contributed by atoms with Crippen molar-refractivity contribution in [1.29, 1.82) is 0 Å². The Morgan fingerprint density at radius 3 is 1.60 bits per heavy atom. The number of benzene rings is 5. The van der Waals surface area contributed by atoms with Gasteiger partial charge in [0, 0.05) is 18.6 Å². The molecule has 0 amide bonds. The third kappa shape index (κ3) is 7.60. The number of aromatic nitrogens is 2. The van der Waals surface area contributed by atoms with Crippen LogP contribution in [0.1, 0.15) is 67.6 Å². The third-order valence-electron chi connectivity index (χ3n) is 9.74. The van der Waals surface area contributed by atoms with Gasteiger partial charge in [0.1, 0.15) is 0 Å². The number of aryl methyl sites for hydroxylation is 2. The van der Waals surface area contributed by atoms with Crippen LogP contribution in [0.5, 0.6) is 0 Å². The molecule has 0 radical (unpaired) electrons. The van der Waals surface area contributed by atoms with Gasteiger partial charge in [-0.1, -0.05) is 166 Å². The van der Waals surface area contributed by atoms with Crippen LogP contribution in [-0.2, 0) is 19.0 Å². The van der Waals surface area contributed by atoms with Crippen LogP contribution in [0.2, 0.25) is 0 Å². The molecular weight excluding hydrogens is 583 g/mol. The zero-order valence-electron chi connectivity index (χ0n) is 28.1. The molecule has 236 valence electrons. The van der Waals surface area contributed by atoms with E-state index in [9.17, 15) is 0 Å². The average Bonchev–Trinajstić information content (AvgIpc) is 3.58. The van der Waals surface area contributed by atoms with E-state index >= 15 is 0 Å². The van der Waals surface area contributed by atoms with Gasteiger partial charge in [-0.25, -0.2) is 0 Å². The highest BCUT2D eigenvalue weighted by molar-refractivity contribution is 7.10.